The number of nitrogens with two attached hydrogens (primary N) is 1. The summed E-state index contributed by atoms with van der Waals surface area (Å²) >= 11 is 3.21. The minimum absolute atomic E-state index is 0.473. The molecular formula is C13H16N6S2. The Bertz CT molecular complexity index is 771. The Morgan fingerprint density at radius 3 is 3.14 bits per heavy atom. The van der Waals surface area contributed by atoms with Crippen molar-refractivity contribution in [1.82, 2.24) is 24.1 Å². The number of thiazole rings is 1. The van der Waals surface area contributed by atoms with E-state index < -0.39 is 0 Å². The molecule has 110 valence electrons. The highest BCUT2D eigenvalue weighted by Gasteiger charge is 2.19. The second-order valence-electron chi connectivity index (χ2n) is 5.09. The van der Waals surface area contributed by atoms with Crippen LogP contribution in [0.3, 0.4) is 0 Å². The Hall–Kier alpha value is -1.38. The minimum Gasteiger partial charge on any atom is -0.325 e. The van der Waals surface area contributed by atoms with Crippen LogP contribution in [0.25, 0.3) is 4.96 Å². The van der Waals surface area contributed by atoms with Crippen molar-refractivity contribution in [2.45, 2.75) is 49.0 Å². The molecule has 0 saturated carbocycles. The van der Waals surface area contributed by atoms with E-state index in [9.17, 15) is 0 Å². The molecule has 3 aromatic rings. The number of nitrogens with zero attached hydrogens (tertiary/aromatic N) is 5. The van der Waals surface area contributed by atoms with Gasteiger partial charge < -0.3 is 10.3 Å². The first kappa shape index (κ1) is 13.3. The van der Waals surface area contributed by atoms with Gasteiger partial charge >= 0.3 is 0 Å². The lowest BCUT2D eigenvalue weighted by Gasteiger charge is -2.05. The average molecular weight is 320 g/mol. The summed E-state index contributed by atoms with van der Waals surface area (Å²) in [5, 5.41) is 12.6. The molecule has 1 aliphatic heterocycles. The van der Waals surface area contributed by atoms with Crippen molar-refractivity contribution in [3.05, 3.63) is 23.1 Å². The highest BCUT2D eigenvalue weighted by Crippen LogP contribution is 2.32. The van der Waals surface area contributed by atoms with Crippen LogP contribution in [0.2, 0.25) is 0 Å². The first-order valence-electron chi connectivity index (χ1n) is 7.11. The van der Waals surface area contributed by atoms with Gasteiger partial charge in [0.1, 0.15) is 10.9 Å². The number of hydrogen-bond donors (Lipinski definition) is 1. The highest BCUT2D eigenvalue weighted by molar-refractivity contribution is 7.99. The Labute approximate surface area is 130 Å². The van der Waals surface area contributed by atoms with E-state index >= 15 is 0 Å². The summed E-state index contributed by atoms with van der Waals surface area (Å²) in [6, 6.07) is 0. The molecular weight excluding hydrogens is 304 g/mol. The lowest BCUT2D eigenvalue weighted by Crippen LogP contribution is -2.04. The van der Waals surface area contributed by atoms with Crippen molar-refractivity contribution in [2.75, 3.05) is 0 Å². The monoisotopic (exact) mass is 320 g/mol. The van der Waals surface area contributed by atoms with Crippen molar-refractivity contribution in [2.24, 2.45) is 5.73 Å². The van der Waals surface area contributed by atoms with Crippen molar-refractivity contribution < 1.29 is 0 Å². The van der Waals surface area contributed by atoms with Crippen LogP contribution < -0.4 is 5.73 Å². The van der Waals surface area contributed by atoms with Crippen molar-refractivity contribution in [3.8, 4) is 0 Å². The zero-order valence-corrected chi connectivity index (χ0v) is 13.2. The lowest BCUT2D eigenvalue weighted by molar-refractivity contribution is 0.590. The fraction of sp³-hybridized carbons (Fsp3) is 0.462. The molecule has 0 aliphatic carbocycles. The molecule has 6 nitrogen and oxygen atoms in total. The third-order valence-electron chi connectivity index (χ3n) is 3.78. The standard InChI is InChI=1S/C13H16N6S2/c14-8-9-11(15-12-18(9)6-7-20-12)21-13-17-16-10-4-2-1-3-5-19(10)13/h6-7H,1-5,8,14H2. The highest BCUT2D eigenvalue weighted by atomic mass is 32.2. The predicted octanol–water partition coefficient (Wildman–Crippen LogP) is 2.32. The van der Waals surface area contributed by atoms with Crippen LogP contribution >= 0.6 is 23.1 Å². The van der Waals surface area contributed by atoms with E-state index in [1.165, 1.54) is 19.3 Å². The van der Waals surface area contributed by atoms with Crippen LogP contribution in [0.4, 0.5) is 0 Å². The van der Waals surface area contributed by atoms with Crippen LogP contribution in [-0.2, 0) is 19.5 Å². The summed E-state index contributed by atoms with van der Waals surface area (Å²) in [6.07, 6.45) is 6.71. The normalized spacial score (nSPS) is 15.3. The van der Waals surface area contributed by atoms with E-state index in [4.69, 9.17) is 5.73 Å². The van der Waals surface area contributed by atoms with Gasteiger partial charge in [-0.3, -0.25) is 4.40 Å². The maximum atomic E-state index is 5.90. The Kier molecular flexibility index (Phi) is 3.44. The zero-order chi connectivity index (χ0) is 14.2. The van der Waals surface area contributed by atoms with Crippen molar-refractivity contribution in [1.29, 1.82) is 0 Å². The van der Waals surface area contributed by atoms with Crippen molar-refractivity contribution >= 4 is 28.1 Å². The third kappa shape index (κ3) is 2.27. The fourth-order valence-electron chi connectivity index (χ4n) is 2.70. The van der Waals surface area contributed by atoms with E-state index in [2.05, 4.69) is 24.1 Å². The first-order chi connectivity index (χ1) is 10.4. The molecule has 0 bridgehead atoms. The summed E-state index contributed by atoms with van der Waals surface area (Å²) in [4.78, 5) is 5.65. The lowest BCUT2D eigenvalue weighted by atomic mass is 10.2. The molecule has 0 amide bonds. The summed E-state index contributed by atoms with van der Waals surface area (Å²) in [5.74, 6) is 1.10. The number of aryl methyl sites for hydroxylation is 1. The Morgan fingerprint density at radius 2 is 2.24 bits per heavy atom. The summed E-state index contributed by atoms with van der Waals surface area (Å²) in [7, 11) is 0. The maximum absolute atomic E-state index is 5.90. The Balaban J connectivity index is 1.71. The van der Waals surface area contributed by atoms with Gasteiger partial charge in [0.2, 0.25) is 0 Å². The molecule has 0 unspecified atom stereocenters. The quantitative estimate of drug-likeness (QED) is 0.801. The molecule has 1 aliphatic rings. The van der Waals surface area contributed by atoms with Gasteiger partial charge in [-0.1, -0.05) is 6.42 Å². The number of fused-ring (bicyclic) bond motifs is 2. The van der Waals surface area contributed by atoms with Crippen LogP contribution in [0, 0.1) is 0 Å². The van der Waals surface area contributed by atoms with Gasteiger partial charge in [-0.15, -0.1) is 21.5 Å². The van der Waals surface area contributed by atoms with Crippen LogP contribution in [0.1, 0.15) is 30.8 Å². The summed E-state index contributed by atoms with van der Waals surface area (Å²) in [6.45, 7) is 1.48. The molecule has 0 fully saturated rings. The van der Waals surface area contributed by atoms with Gasteiger partial charge in [0.15, 0.2) is 10.1 Å². The molecule has 2 N–H and O–H groups in total. The molecule has 4 rings (SSSR count). The van der Waals surface area contributed by atoms with Gasteiger partial charge in [-0.25, -0.2) is 4.98 Å². The Morgan fingerprint density at radius 1 is 1.29 bits per heavy atom. The molecule has 0 atom stereocenters. The molecule has 4 heterocycles. The van der Waals surface area contributed by atoms with Crippen molar-refractivity contribution in [3.63, 3.8) is 0 Å². The van der Waals surface area contributed by atoms with Crippen LogP contribution in [-0.4, -0.2) is 24.1 Å². The van der Waals surface area contributed by atoms with Crippen LogP contribution in [0.5, 0.6) is 0 Å². The van der Waals surface area contributed by atoms with Crippen LogP contribution in [0.15, 0.2) is 21.8 Å². The van der Waals surface area contributed by atoms with Gasteiger partial charge in [0.25, 0.3) is 0 Å². The number of rotatable bonds is 3. The largest absolute Gasteiger partial charge is 0.325 e. The summed E-state index contributed by atoms with van der Waals surface area (Å²) < 4.78 is 4.30. The maximum Gasteiger partial charge on any atom is 0.197 e. The number of hydrogen-bond acceptors (Lipinski definition) is 6. The van der Waals surface area contributed by atoms with Gasteiger partial charge in [-0.05, 0) is 24.6 Å². The first-order valence-corrected chi connectivity index (χ1v) is 8.81. The second kappa shape index (κ2) is 5.43. The van der Waals surface area contributed by atoms with Gasteiger partial charge in [0, 0.05) is 31.1 Å². The number of aromatic nitrogens is 5. The zero-order valence-electron chi connectivity index (χ0n) is 11.5. The predicted molar refractivity (Wildman–Crippen MR) is 82.7 cm³/mol. The van der Waals surface area contributed by atoms with Gasteiger partial charge in [0.05, 0.1) is 5.69 Å². The molecule has 8 heteroatoms. The average Bonchev–Trinajstić information content (AvgIpc) is 3.10. The molecule has 0 radical (unpaired) electrons. The SMILES string of the molecule is NCc1c(Sc2nnc3n2CCCCC3)nc2sccn12. The summed E-state index contributed by atoms with van der Waals surface area (Å²) in [5.41, 5.74) is 6.94. The molecule has 21 heavy (non-hydrogen) atoms. The molecule has 0 spiro atoms. The molecule has 0 aromatic carbocycles. The topological polar surface area (TPSA) is 74.0 Å². The van der Waals surface area contributed by atoms with E-state index in [1.807, 2.05) is 11.6 Å². The van der Waals surface area contributed by atoms with E-state index in [-0.39, 0.29) is 0 Å². The smallest absolute Gasteiger partial charge is 0.197 e. The minimum atomic E-state index is 0.473. The number of imidazole rings is 1. The van der Waals surface area contributed by atoms with E-state index in [0.29, 0.717) is 6.54 Å². The molecule has 0 saturated heterocycles. The van der Waals surface area contributed by atoms with E-state index in [1.54, 1.807) is 23.1 Å². The van der Waals surface area contributed by atoms with Gasteiger partial charge in [-0.2, -0.15) is 0 Å². The van der Waals surface area contributed by atoms with E-state index in [0.717, 1.165) is 39.6 Å². The molecule has 3 aromatic heterocycles. The fourth-order valence-corrected chi connectivity index (χ4v) is 4.48. The third-order valence-corrected chi connectivity index (χ3v) is 5.54. The second-order valence-corrected chi connectivity index (χ2v) is 6.92.